The van der Waals surface area contributed by atoms with Gasteiger partial charge in [0, 0.05) is 5.41 Å². The lowest BCUT2D eigenvalue weighted by Gasteiger charge is -2.18. The Bertz CT molecular complexity index is 632. The van der Waals surface area contributed by atoms with E-state index in [2.05, 4.69) is 5.10 Å². The van der Waals surface area contributed by atoms with Gasteiger partial charge in [-0.1, -0.05) is 32.9 Å². The molecule has 0 fully saturated rings. The van der Waals surface area contributed by atoms with Gasteiger partial charge in [-0.3, -0.25) is 9.59 Å². The number of nitrogens with zero attached hydrogens (tertiary/aromatic N) is 1. The molecule has 1 rings (SSSR count). The molecule has 23 heavy (non-hydrogen) atoms. The molecule has 0 radical (unpaired) electrons. The van der Waals surface area contributed by atoms with Crippen LogP contribution in [0.1, 0.15) is 37.6 Å². The summed E-state index contributed by atoms with van der Waals surface area (Å²) in [5.74, 6) is -2.06. The first-order chi connectivity index (χ1) is 10.4. The molecule has 0 atom stereocenters. The number of nitrogens with one attached hydrogen (secondary N) is 1. The van der Waals surface area contributed by atoms with E-state index in [1.807, 2.05) is 0 Å². The van der Waals surface area contributed by atoms with Crippen LogP contribution in [-0.4, -0.2) is 28.7 Å². The summed E-state index contributed by atoms with van der Waals surface area (Å²) in [5, 5.41) is 12.5. The molecular weight excluding hydrogens is 313 g/mol. The molecule has 0 aromatic heterocycles. The third-order valence-electron chi connectivity index (χ3n) is 2.93. The quantitative estimate of drug-likeness (QED) is 0.658. The van der Waals surface area contributed by atoms with Gasteiger partial charge >= 0.3 is 6.18 Å². The highest BCUT2D eigenvalue weighted by atomic mass is 19.4. The molecule has 2 N–H and O–H groups in total. The monoisotopic (exact) mass is 330 g/mol. The molecule has 8 heteroatoms. The molecule has 0 aliphatic rings. The molecule has 0 aliphatic heterocycles. The Labute approximate surface area is 131 Å². The fraction of sp³-hybridized carbons (Fsp3) is 0.400. The fourth-order valence-electron chi connectivity index (χ4n) is 1.46. The summed E-state index contributed by atoms with van der Waals surface area (Å²) in [6, 6.07) is 5.34. The van der Waals surface area contributed by atoms with Crippen LogP contribution in [0.3, 0.4) is 0 Å². The van der Waals surface area contributed by atoms with Crippen molar-refractivity contribution >= 4 is 17.4 Å². The van der Waals surface area contributed by atoms with Crippen LogP contribution in [0, 0.1) is 5.41 Å². The van der Waals surface area contributed by atoms with Gasteiger partial charge in [-0.05, 0) is 12.1 Å². The lowest BCUT2D eigenvalue weighted by Crippen LogP contribution is -2.33. The van der Waals surface area contributed by atoms with Crippen molar-refractivity contribution in [2.24, 2.45) is 10.5 Å². The SMILES string of the molecule is CC(C)(C)C(=O)C/C(=N\NC(=O)c1ccccc1O)C(F)(F)F. The highest BCUT2D eigenvalue weighted by Gasteiger charge is 2.39. The lowest BCUT2D eigenvalue weighted by atomic mass is 9.88. The predicted molar refractivity (Wildman–Crippen MR) is 78.1 cm³/mol. The minimum absolute atomic E-state index is 0.222. The van der Waals surface area contributed by atoms with Crippen LogP contribution >= 0.6 is 0 Å². The number of rotatable bonds is 4. The van der Waals surface area contributed by atoms with E-state index >= 15 is 0 Å². The number of hydrogen-bond acceptors (Lipinski definition) is 4. The van der Waals surface area contributed by atoms with E-state index in [9.17, 15) is 27.9 Å². The van der Waals surface area contributed by atoms with E-state index < -0.39 is 35.4 Å². The first kappa shape index (κ1) is 18.7. The highest BCUT2D eigenvalue weighted by Crippen LogP contribution is 2.24. The van der Waals surface area contributed by atoms with E-state index in [-0.39, 0.29) is 11.3 Å². The molecule has 0 aliphatic carbocycles. The summed E-state index contributed by atoms with van der Waals surface area (Å²) in [6.07, 6.45) is -5.80. The van der Waals surface area contributed by atoms with E-state index in [4.69, 9.17) is 0 Å². The Kier molecular flexibility index (Phi) is 5.52. The number of phenols is 1. The van der Waals surface area contributed by atoms with Crippen molar-refractivity contribution in [3.63, 3.8) is 0 Å². The van der Waals surface area contributed by atoms with Gasteiger partial charge in [0.25, 0.3) is 5.91 Å². The Balaban J connectivity index is 2.97. The lowest BCUT2D eigenvalue weighted by molar-refractivity contribution is -0.126. The molecule has 0 bridgehead atoms. The smallest absolute Gasteiger partial charge is 0.431 e. The number of benzene rings is 1. The van der Waals surface area contributed by atoms with Crippen molar-refractivity contribution in [3.05, 3.63) is 29.8 Å². The number of amides is 1. The molecular formula is C15H17F3N2O3. The average molecular weight is 330 g/mol. The number of ketones is 1. The summed E-state index contributed by atoms with van der Waals surface area (Å²) >= 11 is 0. The van der Waals surface area contributed by atoms with E-state index in [0.29, 0.717) is 0 Å². The molecule has 1 aromatic carbocycles. The topological polar surface area (TPSA) is 78.8 Å². The Morgan fingerprint density at radius 1 is 1.17 bits per heavy atom. The Hall–Kier alpha value is -2.38. The van der Waals surface area contributed by atoms with Crippen molar-refractivity contribution in [2.45, 2.75) is 33.4 Å². The largest absolute Gasteiger partial charge is 0.507 e. The van der Waals surface area contributed by atoms with Gasteiger partial charge < -0.3 is 5.11 Å². The van der Waals surface area contributed by atoms with Crippen LogP contribution in [0.15, 0.2) is 29.4 Å². The van der Waals surface area contributed by atoms with Crippen LogP contribution in [0.2, 0.25) is 0 Å². The average Bonchev–Trinajstić information content (AvgIpc) is 2.40. The molecule has 126 valence electrons. The van der Waals surface area contributed by atoms with Crippen LogP contribution < -0.4 is 5.43 Å². The molecule has 5 nitrogen and oxygen atoms in total. The zero-order valence-corrected chi connectivity index (χ0v) is 12.9. The van der Waals surface area contributed by atoms with Crippen molar-refractivity contribution in [1.82, 2.24) is 5.43 Å². The number of alkyl halides is 3. The van der Waals surface area contributed by atoms with E-state index in [0.717, 1.165) is 0 Å². The second-order valence-corrected chi connectivity index (χ2v) is 5.86. The molecule has 0 saturated heterocycles. The number of aromatic hydroxyl groups is 1. The maximum absolute atomic E-state index is 12.9. The molecule has 1 amide bonds. The maximum atomic E-state index is 12.9. The maximum Gasteiger partial charge on any atom is 0.431 e. The minimum atomic E-state index is -4.85. The first-order valence-corrected chi connectivity index (χ1v) is 6.68. The molecule has 0 spiro atoms. The number of carbonyl (C=O) groups excluding carboxylic acids is 2. The third-order valence-corrected chi connectivity index (χ3v) is 2.93. The Morgan fingerprint density at radius 3 is 2.22 bits per heavy atom. The summed E-state index contributed by atoms with van der Waals surface area (Å²) in [5.41, 5.74) is -0.868. The zero-order chi connectivity index (χ0) is 17.8. The second kappa shape index (κ2) is 6.80. The molecule has 1 aromatic rings. The number of para-hydroxylation sites is 1. The number of hydrogen-bond donors (Lipinski definition) is 2. The zero-order valence-electron chi connectivity index (χ0n) is 12.9. The Morgan fingerprint density at radius 2 is 1.74 bits per heavy atom. The van der Waals surface area contributed by atoms with Crippen molar-refractivity contribution in [2.75, 3.05) is 0 Å². The first-order valence-electron chi connectivity index (χ1n) is 6.68. The standard InChI is InChI=1S/C15H17F3N2O3/c1-14(2,3)12(22)8-11(15(16,17)18)19-20-13(23)9-6-4-5-7-10(9)21/h4-7,21H,8H2,1-3H3,(H,20,23)/b19-11+. The summed E-state index contributed by atoms with van der Waals surface area (Å²) in [7, 11) is 0. The summed E-state index contributed by atoms with van der Waals surface area (Å²) < 4.78 is 38.8. The van der Waals surface area contributed by atoms with Crippen LogP contribution in [0.5, 0.6) is 5.75 Å². The van der Waals surface area contributed by atoms with E-state index in [1.165, 1.54) is 45.0 Å². The number of halogens is 3. The number of hydrazone groups is 1. The molecule has 0 saturated carbocycles. The summed E-state index contributed by atoms with van der Waals surface area (Å²) in [4.78, 5) is 23.5. The van der Waals surface area contributed by atoms with Gasteiger partial charge in [-0.15, -0.1) is 0 Å². The fourth-order valence-corrected chi connectivity index (χ4v) is 1.46. The van der Waals surface area contributed by atoms with Crippen molar-refractivity contribution in [3.8, 4) is 5.75 Å². The van der Waals surface area contributed by atoms with Crippen LogP contribution in [0.4, 0.5) is 13.2 Å². The van der Waals surface area contributed by atoms with Crippen molar-refractivity contribution < 1.29 is 27.9 Å². The van der Waals surface area contributed by atoms with Gasteiger partial charge in [0.2, 0.25) is 0 Å². The van der Waals surface area contributed by atoms with Gasteiger partial charge in [0.15, 0.2) is 0 Å². The molecule has 0 heterocycles. The van der Waals surface area contributed by atoms with Gasteiger partial charge in [-0.25, -0.2) is 5.43 Å². The highest BCUT2D eigenvalue weighted by molar-refractivity contribution is 6.07. The molecule has 0 unspecified atom stereocenters. The second-order valence-electron chi connectivity index (χ2n) is 5.86. The minimum Gasteiger partial charge on any atom is -0.507 e. The summed E-state index contributed by atoms with van der Waals surface area (Å²) in [6.45, 7) is 4.47. The van der Waals surface area contributed by atoms with Gasteiger partial charge in [-0.2, -0.15) is 18.3 Å². The predicted octanol–water partition coefficient (Wildman–Crippen LogP) is 3.05. The third kappa shape index (κ3) is 5.39. The van der Waals surface area contributed by atoms with E-state index in [1.54, 1.807) is 5.43 Å². The number of Topliss-reactive ketones (excluding diaryl/α,β-unsaturated/α-hetero) is 1. The van der Waals surface area contributed by atoms with Gasteiger partial charge in [0.05, 0.1) is 12.0 Å². The van der Waals surface area contributed by atoms with Crippen LogP contribution in [-0.2, 0) is 4.79 Å². The number of carbonyl (C=O) groups is 2. The van der Waals surface area contributed by atoms with Gasteiger partial charge in [0.1, 0.15) is 17.2 Å². The number of phenolic OH excluding ortho intramolecular Hbond substituents is 1. The van der Waals surface area contributed by atoms with Crippen LogP contribution in [0.25, 0.3) is 0 Å². The normalized spacial score (nSPS) is 12.9. The van der Waals surface area contributed by atoms with Crippen molar-refractivity contribution in [1.29, 1.82) is 0 Å².